The first-order chi connectivity index (χ1) is 9.13. The van der Waals surface area contributed by atoms with Gasteiger partial charge in [0.1, 0.15) is 6.54 Å². The second-order valence-electron chi connectivity index (χ2n) is 5.36. The highest BCUT2D eigenvalue weighted by atomic mass is 16.2. The van der Waals surface area contributed by atoms with Crippen LogP contribution in [0.2, 0.25) is 0 Å². The van der Waals surface area contributed by atoms with Crippen LogP contribution >= 0.6 is 0 Å². The van der Waals surface area contributed by atoms with Gasteiger partial charge in [-0.1, -0.05) is 12.2 Å². The molecule has 0 spiro atoms. The maximum Gasteiger partial charge on any atom is 0.261 e. The molecule has 0 aliphatic heterocycles. The van der Waals surface area contributed by atoms with Gasteiger partial charge in [-0.05, 0) is 38.7 Å². The zero-order valence-electron chi connectivity index (χ0n) is 11.3. The van der Waals surface area contributed by atoms with E-state index in [1.807, 2.05) is 19.9 Å². The highest BCUT2D eigenvalue weighted by molar-refractivity contribution is 5.94. The number of hydrazone groups is 1. The van der Waals surface area contributed by atoms with E-state index in [4.69, 9.17) is 0 Å². The van der Waals surface area contributed by atoms with Crippen molar-refractivity contribution in [2.45, 2.75) is 33.2 Å². The summed E-state index contributed by atoms with van der Waals surface area (Å²) in [5.41, 5.74) is 5.68. The average molecular weight is 258 g/mol. The van der Waals surface area contributed by atoms with Crippen LogP contribution in [0.15, 0.2) is 23.3 Å². The van der Waals surface area contributed by atoms with Gasteiger partial charge in [0.15, 0.2) is 0 Å². The third kappa shape index (κ3) is 2.32. The van der Waals surface area contributed by atoms with Crippen LogP contribution in [0, 0.1) is 25.7 Å². The lowest BCUT2D eigenvalue weighted by Gasteiger charge is -2.31. The number of amides is 1. The number of carbonyl (C=O) groups is 1. The number of carbonyl (C=O) groups excluding carboxylic acids is 1. The molecule has 0 aromatic carbocycles. The molecule has 100 valence electrons. The lowest BCUT2D eigenvalue weighted by atomic mass is 9.74. The molecule has 1 fully saturated rings. The average Bonchev–Trinajstić information content (AvgIpc) is 2.83. The van der Waals surface area contributed by atoms with Crippen LogP contribution in [0.1, 0.15) is 24.2 Å². The van der Waals surface area contributed by atoms with Crippen molar-refractivity contribution in [2.75, 3.05) is 0 Å². The fourth-order valence-electron chi connectivity index (χ4n) is 2.80. The van der Waals surface area contributed by atoms with Gasteiger partial charge in [-0.3, -0.25) is 9.48 Å². The van der Waals surface area contributed by atoms with Gasteiger partial charge in [-0.25, -0.2) is 5.43 Å². The Kier molecular flexibility index (Phi) is 2.97. The number of nitrogens with zero attached hydrogens (tertiary/aromatic N) is 3. The normalized spacial score (nSPS) is 26.3. The maximum atomic E-state index is 11.8. The van der Waals surface area contributed by atoms with E-state index in [1.54, 1.807) is 4.68 Å². The van der Waals surface area contributed by atoms with Crippen molar-refractivity contribution in [2.24, 2.45) is 16.9 Å². The van der Waals surface area contributed by atoms with Crippen molar-refractivity contribution >= 4 is 11.6 Å². The van der Waals surface area contributed by atoms with E-state index in [9.17, 15) is 4.79 Å². The molecule has 0 saturated heterocycles. The Balaban J connectivity index is 1.55. The summed E-state index contributed by atoms with van der Waals surface area (Å²) < 4.78 is 1.70. The van der Waals surface area contributed by atoms with Crippen molar-refractivity contribution in [3.8, 4) is 0 Å². The molecule has 0 unspecified atom stereocenters. The standard InChI is InChI=1S/C14H18N4O/c1-9-6-10(2)18(17-9)8-14(19)16-15-13-7-11-4-3-5-12(11)13/h3-4,6,11-12H,5,7-8H2,1-2H3,(H,16,19)/b15-13+/t11-,12+/m1/s1. The Labute approximate surface area is 112 Å². The molecule has 2 aliphatic rings. The zero-order chi connectivity index (χ0) is 13.4. The van der Waals surface area contributed by atoms with Gasteiger partial charge < -0.3 is 0 Å². The summed E-state index contributed by atoms with van der Waals surface area (Å²) in [6.07, 6.45) is 6.51. The predicted molar refractivity (Wildman–Crippen MR) is 72.6 cm³/mol. The fourth-order valence-corrected chi connectivity index (χ4v) is 2.80. The maximum absolute atomic E-state index is 11.8. The van der Waals surface area contributed by atoms with Crippen LogP contribution in [0.25, 0.3) is 0 Å². The molecule has 0 bridgehead atoms. The summed E-state index contributed by atoms with van der Waals surface area (Å²) in [6.45, 7) is 4.09. The van der Waals surface area contributed by atoms with Crippen LogP contribution in [0.5, 0.6) is 0 Å². The van der Waals surface area contributed by atoms with E-state index >= 15 is 0 Å². The third-order valence-corrected chi connectivity index (χ3v) is 3.88. The van der Waals surface area contributed by atoms with Crippen LogP contribution in [0.3, 0.4) is 0 Å². The zero-order valence-corrected chi connectivity index (χ0v) is 11.3. The minimum Gasteiger partial charge on any atom is -0.271 e. The molecule has 1 amide bonds. The number of nitrogens with one attached hydrogen (secondary N) is 1. The van der Waals surface area contributed by atoms with Crippen molar-refractivity contribution < 1.29 is 4.79 Å². The third-order valence-electron chi connectivity index (χ3n) is 3.88. The topological polar surface area (TPSA) is 59.3 Å². The molecule has 5 nitrogen and oxygen atoms in total. The van der Waals surface area contributed by atoms with Crippen LogP contribution < -0.4 is 5.43 Å². The number of aryl methyl sites for hydroxylation is 2. The van der Waals surface area contributed by atoms with Crippen molar-refractivity contribution in [3.63, 3.8) is 0 Å². The molecule has 0 radical (unpaired) electrons. The quantitative estimate of drug-likeness (QED) is 0.661. The first kappa shape index (κ1) is 12.1. The molecule has 1 N–H and O–H groups in total. The fraction of sp³-hybridized carbons (Fsp3) is 0.500. The van der Waals surface area contributed by atoms with Crippen LogP contribution in [-0.2, 0) is 11.3 Å². The van der Waals surface area contributed by atoms with Gasteiger partial charge >= 0.3 is 0 Å². The Hall–Kier alpha value is -1.91. The molecule has 2 atom stereocenters. The number of rotatable bonds is 3. The van der Waals surface area contributed by atoms with Crippen molar-refractivity contribution in [3.05, 3.63) is 29.6 Å². The van der Waals surface area contributed by atoms with E-state index in [0.29, 0.717) is 11.8 Å². The molecule has 2 aliphatic carbocycles. The summed E-state index contributed by atoms with van der Waals surface area (Å²) in [5, 5.41) is 8.50. The largest absolute Gasteiger partial charge is 0.271 e. The van der Waals surface area contributed by atoms with E-state index in [0.717, 1.165) is 29.9 Å². The van der Waals surface area contributed by atoms with E-state index in [2.05, 4.69) is 27.8 Å². The Bertz CT molecular complexity index is 570. The number of hydrogen-bond acceptors (Lipinski definition) is 3. The number of hydrogen-bond donors (Lipinski definition) is 1. The van der Waals surface area contributed by atoms with Gasteiger partial charge in [0.2, 0.25) is 0 Å². The molecule has 5 heteroatoms. The summed E-state index contributed by atoms with van der Waals surface area (Å²) in [7, 11) is 0. The Morgan fingerprint density at radius 1 is 1.58 bits per heavy atom. The van der Waals surface area contributed by atoms with E-state index < -0.39 is 0 Å². The molecular weight excluding hydrogens is 240 g/mol. The van der Waals surface area contributed by atoms with E-state index in [1.165, 1.54) is 0 Å². The number of aromatic nitrogens is 2. The Morgan fingerprint density at radius 3 is 3.11 bits per heavy atom. The van der Waals surface area contributed by atoms with Gasteiger partial charge in [-0.15, -0.1) is 0 Å². The van der Waals surface area contributed by atoms with Crippen LogP contribution in [-0.4, -0.2) is 21.4 Å². The summed E-state index contributed by atoms with van der Waals surface area (Å²) in [6, 6.07) is 1.96. The van der Waals surface area contributed by atoms with Gasteiger partial charge in [0, 0.05) is 17.3 Å². The minimum absolute atomic E-state index is 0.117. The lowest BCUT2D eigenvalue weighted by molar-refractivity contribution is -0.121. The van der Waals surface area contributed by atoms with Gasteiger partial charge in [-0.2, -0.15) is 10.2 Å². The molecule has 1 aromatic heterocycles. The first-order valence-corrected chi connectivity index (χ1v) is 6.66. The summed E-state index contributed by atoms with van der Waals surface area (Å²) >= 11 is 0. The van der Waals surface area contributed by atoms with Crippen molar-refractivity contribution in [1.82, 2.24) is 15.2 Å². The lowest BCUT2D eigenvalue weighted by Crippen LogP contribution is -2.36. The summed E-state index contributed by atoms with van der Waals surface area (Å²) in [4.78, 5) is 11.8. The van der Waals surface area contributed by atoms with Gasteiger partial charge in [0.25, 0.3) is 5.91 Å². The second kappa shape index (κ2) is 4.64. The Morgan fingerprint density at radius 2 is 2.42 bits per heavy atom. The molecule has 3 rings (SSSR count). The van der Waals surface area contributed by atoms with Crippen LogP contribution in [0.4, 0.5) is 0 Å². The molecule has 19 heavy (non-hydrogen) atoms. The molecule has 1 aromatic rings. The number of fused-ring (bicyclic) bond motifs is 1. The molecule has 1 heterocycles. The second-order valence-corrected chi connectivity index (χ2v) is 5.36. The van der Waals surface area contributed by atoms with Crippen molar-refractivity contribution in [1.29, 1.82) is 0 Å². The highest BCUT2D eigenvalue weighted by Crippen LogP contribution is 2.39. The minimum atomic E-state index is -0.117. The predicted octanol–water partition coefficient (Wildman–Crippen LogP) is 1.57. The monoisotopic (exact) mass is 258 g/mol. The highest BCUT2D eigenvalue weighted by Gasteiger charge is 2.37. The first-order valence-electron chi connectivity index (χ1n) is 6.66. The van der Waals surface area contributed by atoms with Gasteiger partial charge in [0.05, 0.1) is 5.69 Å². The smallest absolute Gasteiger partial charge is 0.261 e. The molecule has 1 saturated carbocycles. The SMILES string of the molecule is Cc1cc(C)n(CC(=O)N/N=C2\C[C@H]3C=CC[C@H]23)n1. The summed E-state index contributed by atoms with van der Waals surface area (Å²) in [5.74, 6) is 1.08. The van der Waals surface area contributed by atoms with E-state index in [-0.39, 0.29) is 12.5 Å². The molecular formula is C14H18N4O. The number of allylic oxidation sites excluding steroid dienone is 2.